The molecule has 0 fully saturated rings. The molecular weight excluding hydrogens is 224 g/mol. The average molecular weight is 229 g/mol. The van der Waals surface area contributed by atoms with Gasteiger partial charge in [0.15, 0.2) is 0 Å². The molecule has 0 aromatic carbocycles. The maximum atomic E-state index is 10.6. The van der Waals surface area contributed by atoms with Crippen molar-refractivity contribution in [2.24, 2.45) is 0 Å². The first-order chi connectivity index (χ1) is 6.66. The average Bonchev–Trinajstić information content (AvgIpc) is 2.70. The summed E-state index contributed by atoms with van der Waals surface area (Å²) in [4.78, 5) is 10.9. The topological polar surface area (TPSA) is 55.1 Å². The van der Waals surface area contributed by atoms with Gasteiger partial charge in [-0.2, -0.15) is 5.10 Å². The highest BCUT2D eigenvalue weighted by molar-refractivity contribution is 7.16. The van der Waals surface area contributed by atoms with Crippen molar-refractivity contribution in [1.29, 1.82) is 0 Å². The zero-order chi connectivity index (χ0) is 10.1. The smallest absolute Gasteiger partial charge is 0.345 e. The van der Waals surface area contributed by atoms with Crippen LogP contribution in [0, 0.1) is 0 Å². The van der Waals surface area contributed by atoms with E-state index < -0.39 is 5.97 Å². The lowest BCUT2D eigenvalue weighted by Gasteiger charge is -1.92. The molecule has 2 heterocycles. The van der Waals surface area contributed by atoms with Gasteiger partial charge in [0, 0.05) is 0 Å². The lowest BCUT2D eigenvalue weighted by atomic mass is 10.5. The summed E-state index contributed by atoms with van der Waals surface area (Å²) in [5.41, 5.74) is 0. The minimum atomic E-state index is -0.931. The Bertz CT molecular complexity index is 477. The Balaban J connectivity index is 2.38. The van der Waals surface area contributed by atoms with E-state index in [-0.39, 0.29) is 4.88 Å². The van der Waals surface area contributed by atoms with E-state index in [2.05, 4.69) is 5.10 Å². The van der Waals surface area contributed by atoms with Gasteiger partial charge in [-0.3, -0.25) is 0 Å². The number of aromatic carboxylic acids is 1. The van der Waals surface area contributed by atoms with Gasteiger partial charge in [-0.15, -0.1) is 11.3 Å². The van der Waals surface area contributed by atoms with Crippen LogP contribution in [-0.4, -0.2) is 20.9 Å². The van der Waals surface area contributed by atoms with Gasteiger partial charge in [-0.25, -0.2) is 9.48 Å². The van der Waals surface area contributed by atoms with Crippen molar-refractivity contribution in [3.05, 3.63) is 34.4 Å². The van der Waals surface area contributed by atoms with Crippen molar-refractivity contribution in [3.8, 4) is 5.00 Å². The first kappa shape index (κ1) is 9.23. The number of rotatable bonds is 2. The number of hydrogen-bond acceptors (Lipinski definition) is 3. The molecule has 2 aromatic heterocycles. The van der Waals surface area contributed by atoms with Crippen molar-refractivity contribution in [2.45, 2.75) is 0 Å². The molecule has 0 aliphatic rings. The first-order valence-corrected chi connectivity index (χ1v) is 4.90. The molecule has 0 spiro atoms. The largest absolute Gasteiger partial charge is 0.477 e. The fourth-order valence-corrected chi connectivity index (χ4v) is 1.90. The molecule has 6 heteroatoms. The molecule has 4 nitrogen and oxygen atoms in total. The van der Waals surface area contributed by atoms with E-state index in [0.717, 1.165) is 16.3 Å². The van der Waals surface area contributed by atoms with Crippen molar-refractivity contribution in [1.82, 2.24) is 9.78 Å². The van der Waals surface area contributed by atoms with Crippen LogP contribution < -0.4 is 0 Å². The lowest BCUT2D eigenvalue weighted by molar-refractivity contribution is 0.0702. The summed E-state index contributed by atoms with van der Waals surface area (Å²) in [5, 5.41) is 13.9. The Hall–Kier alpha value is -1.33. The quantitative estimate of drug-likeness (QED) is 0.858. The van der Waals surface area contributed by atoms with E-state index in [1.807, 2.05) is 0 Å². The van der Waals surface area contributed by atoms with E-state index in [4.69, 9.17) is 16.7 Å². The van der Waals surface area contributed by atoms with Gasteiger partial charge in [-0.1, -0.05) is 11.6 Å². The molecule has 0 aliphatic heterocycles. The molecule has 0 amide bonds. The van der Waals surface area contributed by atoms with Crippen LogP contribution in [0.5, 0.6) is 0 Å². The molecule has 0 bridgehead atoms. The van der Waals surface area contributed by atoms with E-state index in [9.17, 15) is 4.79 Å². The third-order valence-electron chi connectivity index (χ3n) is 1.58. The molecule has 0 unspecified atom stereocenters. The van der Waals surface area contributed by atoms with Gasteiger partial charge in [0.1, 0.15) is 9.88 Å². The third kappa shape index (κ3) is 1.64. The van der Waals surface area contributed by atoms with Gasteiger partial charge in [0.2, 0.25) is 0 Å². The molecule has 0 saturated heterocycles. The summed E-state index contributed by atoms with van der Waals surface area (Å²) in [5.74, 6) is -0.931. The van der Waals surface area contributed by atoms with Gasteiger partial charge in [0.05, 0.1) is 17.4 Å². The summed E-state index contributed by atoms with van der Waals surface area (Å²) in [6, 6.07) is 3.23. The van der Waals surface area contributed by atoms with Crippen molar-refractivity contribution < 1.29 is 9.90 Å². The van der Waals surface area contributed by atoms with Crippen LogP contribution in [0.25, 0.3) is 5.00 Å². The molecule has 2 rings (SSSR count). The van der Waals surface area contributed by atoms with E-state index in [1.165, 1.54) is 12.3 Å². The Morgan fingerprint density at radius 2 is 2.36 bits per heavy atom. The van der Waals surface area contributed by atoms with Crippen molar-refractivity contribution >= 4 is 28.9 Å². The lowest BCUT2D eigenvalue weighted by Crippen LogP contribution is -1.91. The van der Waals surface area contributed by atoms with Crippen LogP contribution >= 0.6 is 22.9 Å². The fourth-order valence-electron chi connectivity index (χ4n) is 0.987. The molecule has 1 N–H and O–H groups in total. The van der Waals surface area contributed by atoms with Crippen LogP contribution in [0.1, 0.15) is 9.67 Å². The van der Waals surface area contributed by atoms with Gasteiger partial charge >= 0.3 is 5.97 Å². The second kappa shape index (κ2) is 3.43. The summed E-state index contributed by atoms with van der Waals surface area (Å²) in [7, 11) is 0. The first-order valence-electron chi connectivity index (χ1n) is 3.70. The van der Waals surface area contributed by atoms with Crippen molar-refractivity contribution in [3.63, 3.8) is 0 Å². The third-order valence-corrected chi connectivity index (χ3v) is 2.84. The molecule has 0 atom stereocenters. The van der Waals surface area contributed by atoms with Crippen LogP contribution in [0.15, 0.2) is 24.5 Å². The summed E-state index contributed by atoms with van der Waals surface area (Å²) in [6.07, 6.45) is 3.13. The number of carboxylic acids is 1. The Labute approximate surface area is 88.4 Å². The number of carboxylic acid groups (broad SMARTS) is 1. The standard InChI is InChI=1S/C8H5ClN2O2S/c9-5-3-10-11(4-5)7-2-1-6(14-7)8(12)13/h1-4H,(H,12,13). The molecular formula is C8H5ClN2O2S. The highest BCUT2D eigenvalue weighted by Gasteiger charge is 2.08. The number of aromatic nitrogens is 2. The maximum absolute atomic E-state index is 10.6. The van der Waals surface area contributed by atoms with Crippen LogP contribution in [0.4, 0.5) is 0 Å². The summed E-state index contributed by atoms with van der Waals surface area (Å²) < 4.78 is 1.54. The predicted octanol–water partition coefficient (Wildman–Crippen LogP) is 2.29. The molecule has 72 valence electrons. The molecule has 0 saturated carbocycles. The maximum Gasteiger partial charge on any atom is 0.345 e. The van der Waals surface area contributed by atoms with E-state index in [0.29, 0.717) is 5.02 Å². The normalized spacial score (nSPS) is 10.4. The molecule has 0 radical (unpaired) electrons. The Morgan fingerprint density at radius 1 is 1.57 bits per heavy atom. The zero-order valence-electron chi connectivity index (χ0n) is 6.85. The minimum absolute atomic E-state index is 0.284. The second-order valence-corrected chi connectivity index (χ2v) is 4.04. The number of thiophene rings is 1. The van der Waals surface area contributed by atoms with E-state index in [1.54, 1.807) is 16.9 Å². The summed E-state index contributed by atoms with van der Waals surface area (Å²) in [6.45, 7) is 0. The highest BCUT2D eigenvalue weighted by atomic mass is 35.5. The molecule has 14 heavy (non-hydrogen) atoms. The van der Waals surface area contributed by atoms with Gasteiger partial charge < -0.3 is 5.11 Å². The number of hydrogen-bond donors (Lipinski definition) is 1. The second-order valence-electron chi connectivity index (χ2n) is 2.55. The van der Waals surface area contributed by atoms with Crippen LogP contribution in [-0.2, 0) is 0 Å². The SMILES string of the molecule is O=C(O)c1ccc(-n2cc(Cl)cn2)s1. The van der Waals surface area contributed by atoms with E-state index >= 15 is 0 Å². The van der Waals surface area contributed by atoms with Gasteiger partial charge in [-0.05, 0) is 12.1 Å². The zero-order valence-corrected chi connectivity index (χ0v) is 8.42. The molecule has 0 aliphatic carbocycles. The Kier molecular flexibility index (Phi) is 2.26. The van der Waals surface area contributed by atoms with Gasteiger partial charge in [0.25, 0.3) is 0 Å². The predicted molar refractivity (Wildman–Crippen MR) is 53.4 cm³/mol. The monoisotopic (exact) mass is 228 g/mol. The minimum Gasteiger partial charge on any atom is -0.477 e. The van der Waals surface area contributed by atoms with Crippen molar-refractivity contribution in [2.75, 3.05) is 0 Å². The van der Waals surface area contributed by atoms with Crippen LogP contribution in [0.2, 0.25) is 5.02 Å². The number of nitrogens with zero attached hydrogens (tertiary/aromatic N) is 2. The Morgan fingerprint density at radius 3 is 2.86 bits per heavy atom. The highest BCUT2D eigenvalue weighted by Crippen LogP contribution is 2.21. The number of carbonyl (C=O) groups is 1. The number of halogens is 1. The van der Waals surface area contributed by atoms with Crippen LogP contribution in [0.3, 0.4) is 0 Å². The summed E-state index contributed by atoms with van der Waals surface area (Å²) >= 11 is 6.83. The molecule has 2 aromatic rings. The fraction of sp³-hybridized carbons (Fsp3) is 0.